The average Bonchev–Trinajstić information content (AvgIpc) is 2.68. The number of fused-ring (bicyclic) bond motifs is 3. The van der Waals surface area contributed by atoms with Crippen LogP contribution in [0, 0.1) is 0 Å². The number of hydrogen-bond acceptors (Lipinski definition) is 5. The summed E-state index contributed by atoms with van der Waals surface area (Å²) in [7, 11) is 0. The molecule has 21 heavy (non-hydrogen) atoms. The molecular formula is C15H19N3O2S. The first-order chi connectivity index (χ1) is 10.3. The van der Waals surface area contributed by atoms with E-state index in [1.807, 2.05) is 6.92 Å². The monoisotopic (exact) mass is 305 g/mol. The predicted molar refractivity (Wildman–Crippen MR) is 82.9 cm³/mol. The van der Waals surface area contributed by atoms with Crippen molar-refractivity contribution in [2.75, 3.05) is 13.2 Å². The third kappa shape index (κ3) is 3.00. The Morgan fingerprint density at radius 3 is 3.05 bits per heavy atom. The van der Waals surface area contributed by atoms with Crippen LogP contribution in [0.25, 0.3) is 10.2 Å². The van der Waals surface area contributed by atoms with Gasteiger partial charge in [-0.25, -0.2) is 9.97 Å². The van der Waals surface area contributed by atoms with Crippen molar-refractivity contribution in [2.24, 2.45) is 0 Å². The van der Waals surface area contributed by atoms with Gasteiger partial charge in [-0.3, -0.25) is 4.79 Å². The number of rotatable bonds is 4. The lowest BCUT2D eigenvalue weighted by molar-refractivity contribution is -0.123. The number of nitrogens with zero attached hydrogens (tertiary/aromatic N) is 2. The van der Waals surface area contributed by atoms with Crippen LogP contribution in [0.4, 0.5) is 0 Å². The zero-order valence-electron chi connectivity index (χ0n) is 12.1. The molecule has 2 heterocycles. The molecule has 0 radical (unpaired) electrons. The minimum absolute atomic E-state index is 0.00454. The maximum absolute atomic E-state index is 11.6. The highest BCUT2D eigenvalue weighted by Gasteiger charge is 2.20. The lowest BCUT2D eigenvalue weighted by Crippen LogP contribution is -2.28. The Balaban J connectivity index is 1.91. The van der Waals surface area contributed by atoms with Crippen LogP contribution in [0.2, 0.25) is 0 Å². The van der Waals surface area contributed by atoms with Crippen molar-refractivity contribution in [3.63, 3.8) is 0 Å². The molecule has 1 N–H and O–H groups in total. The van der Waals surface area contributed by atoms with Gasteiger partial charge in [0.15, 0.2) is 6.61 Å². The molecular weight excluding hydrogens is 286 g/mol. The Morgan fingerprint density at radius 1 is 1.33 bits per heavy atom. The minimum Gasteiger partial charge on any atom is -0.467 e. The molecule has 0 saturated carbocycles. The van der Waals surface area contributed by atoms with Crippen LogP contribution in [0.15, 0.2) is 6.33 Å². The molecule has 1 aliphatic carbocycles. The highest BCUT2D eigenvalue weighted by Crippen LogP contribution is 2.38. The fourth-order valence-electron chi connectivity index (χ4n) is 2.73. The van der Waals surface area contributed by atoms with E-state index in [0.29, 0.717) is 12.4 Å². The zero-order chi connectivity index (χ0) is 14.7. The lowest BCUT2D eigenvalue weighted by Gasteiger charge is -2.07. The predicted octanol–water partition coefficient (Wildman–Crippen LogP) is 2.48. The van der Waals surface area contributed by atoms with E-state index in [1.54, 1.807) is 11.3 Å². The van der Waals surface area contributed by atoms with E-state index in [4.69, 9.17) is 4.74 Å². The van der Waals surface area contributed by atoms with Gasteiger partial charge in [-0.15, -0.1) is 11.3 Å². The van der Waals surface area contributed by atoms with Crippen molar-refractivity contribution in [3.8, 4) is 5.88 Å². The molecule has 0 aliphatic heterocycles. The van der Waals surface area contributed by atoms with Gasteiger partial charge in [0.2, 0.25) is 5.88 Å². The Hall–Kier alpha value is -1.69. The van der Waals surface area contributed by atoms with Gasteiger partial charge in [0.05, 0.1) is 5.39 Å². The molecule has 0 fully saturated rings. The summed E-state index contributed by atoms with van der Waals surface area (Å²) in [6.07, 6.45) is 7.40. The van der Waals surface area contributed by atoms with E-state index in [0.717, 1.165) is 23.1 Å². The van der Waals surface area contributed by atoms with Crippen molar-refractivity contribution in [3.05, 3.63) is 16.8 Å². The lowest BCUT2D eigenvalue weighted by atomic mass is 10.1. The topological polar surface area (TPSA) is 64.1 Å². The van der Waals surface area contributed by atoms with Crippen LogP contribution in [-0.4, -0.2) is 29.0 Å². The number of nitrogens with one attached hydrogen (secondary N) is 1. The van der Waals surface area contributed by atoms with Crippen LogP contribution in [0.5, 0.6) is 5.88 Å². The standard InChI is InChI=1S/C15H19N3O2S/c1-2-16-12(19)8-20-14-13-10-6-4-3-5-7-11(10)21-15(13)18-9-17-14/h9H,2-8H2,1H3,(H,16,19). The molecule has 2 aromatic rings. The minimum atomic E-state index is -0.120. The van der Waals surface area contributed by atoms with Crippen molar-refractivity contribution in [1.29, 1.82) is 0 Å². The van der Waals surface area contributed by atoms with Crippen molar-refractivity contribution >= 4 is 27.5 Å². The summed E-state index contributed by atoms with van der Waals surface area (Å²) >= 11 is 1.74. The van der Waals surface area contributed by atoms with E-state index >= 15 is 0 Å². The summed E-state index contributed by atoms with van der Waals surface area (Å²) in [6, 6.07) is 0. The Bertz CT molecular complexity index is 654. The van der Waals surface area contributed by atoms with Gasteiger partial charge in [0.25, 0.3) is 5.91 Å². The molecule has 5 nitrogen and oxygen atoms in total. The molecule has 0 spiro atoms. The van der Waals surface area contributed by atoms with E-state index in [-0.39, 0.29) is 12.5 Å². The number of aryl methyl sites for hydroxylation is 2. The first-order valence-corrected chi connectivity index (χ1v) is 8.26. The third-order valence-electron chi connectivity index (χ3n) is 3.68. The molecule has 112 valence electrons. The molecule has 1 aliphatic rings. The average molecular weight is 305 g/mol. The van der Waals surface area contributed by atoms with Gasteiger partial charge in [-0.2, -0.15) is 0 Å². The maximum atomic E-state index is 11.6. The number of hydrogen-bond donors (Lipinski definition) is 1. The second-order valence-electron chi connectivity index (χ2n) is 5.17. The van der Waals surface area contributed by atoms with Gasteiger partial charge >= 0.3 is 0 Å². The maximum Gasteiger partial charge on any atom is 0.257 e. The number of ether oxygens (including phenoxy) is 1. The fourth-order valence-corrected chi connectivity index (χ4v) is 3.95. The van der Waals surface area contributed by atoms with Crippen LogP contribution in [0.1, 0.15) is 36.6 Å². The smallest absolute Gasteiger partial charge is 0.257 e. The summed E-state index contributed by atoms with van der Waals surface area (Å²) in [5.41, 5.74) is 1.33. The highest BCUT2D eigenvalue weighted by atomic mass is 32.1. The van der Waals surface area contributed by atoms with Gasteiger partial charge < -0.3 is 10.1 Å². The van der Waals surface area contributed by atoms with Gasteiger partial charge in [0.1, 0.15) is 11.2 Å². The van der Waals surface area contributed by atoms with Crippen LogP contribution >= 0.6 is 11.3 Å². The highest BCUT2D eigenvalue weighted by molar-refractivity contribution is 7.18. The molecule has 2 aromatic heterocycles. The van der Waals surface area contributed by atoms with Gasteiger partial charge in [-0.05, 0) is 38.2 Å². The van der Waals surface area contributed by atoms with E-state index in [9.17, 15) is 4.79 Å². The molecule has 1 amide bonds. The SMILES string of the molecule is CCNC(=O)COc1ncnc2sc3c(c12)CCCCC3. The molecule has 0 bridgehead atoms. The van der Waals surface area contributed by atoms with Crippen LogP contribution in [0.3, 0.4) is 0 Å². The largest absolute Gasteiger partial charge is 0.467 e. The zero-order valence-corrected chi connectivity index (χ0v) is 13.0. The first kappa shape index (κ1) is 14.3. The molecule has 0 unspecified atom stereocenters. The number of thiophene rings is 1. The summed E-state index contributed by atoms with van der Waals surface area (Å²) in [4.78, 5) is 22.6. The Morgan fingerprint density at radius 2 is 2.19 bits per heavy atom. The second-order valence-corrected chi connectivity index (χ2v) is 6.25. The number of carbonyl (C=O) groups is 1. The van der Waals surface area contributed by atoms with E-state index < -0.39 is 0 Å². The molecule has 0 aromatic carbocycles. The normalized spacial score (nSPS) is 14.5. The summed E-state index contributed by atoms with van der Waals surface area (Å²) in [6.45, 7) is 2.50. The van der Waals surface area contributed by atoms with Gasteiger partial charge in [0, 0.05) is 11.4 Å². The second kappa shape index (κ2) is 6.39. The molecule has 0 atom stereocenters. The molecule has 6 heteroatoms. The Kier molecular flexibility index (Phi) is 4.34. The quantitative estimate of drug-likeness (QED) is 0.881. The summed E-state index contributed by atoms with van der Waals surface area (Å²) in [5.74, 6) is 0.427. The summed E-state index contributed by atoms with van der Waals surface area (Å²) in [5, 5.41) is 3.74. The fraction of sp³-hybridized carbons (Fsp3) is 0.533. The van der Waals surface area contributed by atoms with Crippen LogP contribution < -0.4 is 10.1 Å². The number of amides is 1. The Labute approximate surface area is 127 Å². The molecule has 3 rings (SSSR count). The van der Waals surface area contributed by atoms with Crippen molar-refractivity contribution < 1.29 is 9.53 Å². The summed E-state index contributed by atoms with van der Waals surface area (Å²) < 4.78 is 5.64. The number of likely N-dealkylation sites (N-methyl/N-ethyl adjacent to an activating group) is 1. The van der Waals surface area contributed by atoms with Gasteiger partial charge in [-0.1, -0.05) is 6.42 Å². The van der Waals surface area contributed by atoms with Crippen LogP contribution in [-0.2, 0) is 17.6 Å². The molecule has 0 saturated heterocycles. The third-order valence-corrected chi connectivity index (χ3v) is 4.88. The van der Waals surface area contributed by atoms with E-state index in [1.165, 1.54) is 36.0 Å². The van der Waals surface area contributed by atoms with Crippen molar-refractivity contribution in [2.45, 2.75) is 39.0 Å². The first-order valence-electron chi connectivity index (χ1n) is 7.44. The number of aromatic nitrogens is 2. The number of carbonyl (C=O) groups excluding carboxylic acids is 1. The van der Waals surface area contributed by atoms with E-state index in [2.05, 4.69) is 15.3 Å². The van der Waals surface area contributed by atoms with Crippen molar-refractivity contribution in [1.82, 2.24) is 15.3 Å².